The van der Waals surface area contributed by atoms with Crippen LogP contribution in [0.4, 0.5) is 0 Å². The van der Waals surface area contributed by atoms with Crippen molar-refractivity contribution < 1.29 is 23.1 Å². The fourth-order valence-corrected chi connectivity index (χ4v) is 7.66. The number of nitrogens with one attached hydrogen (secondary N) is 4. The quantitative estimate of drug-likeness (QED) is 0.218. The van der Waals surface area contributed by atoms with E-state index in [1.165, 1.54) is 26.7 Å². The van der Waals surface area contributed by atoms with Crippen LogP contribution in [0, 0.1) is 18.8 Å². The summed E-state index contributed by atoms with van der Waals surface area (Å²) in [6.07, 6.45) is 7.32. The van der Waals surface area contributed by atoms with Crippen molar-refractivity contribution in [3.05, 3.63) is 53.6 Å². The molecule has 12 heteroatoms. The fourth-order valence-electron chi connectivity index (χ4n) is 7.04. The van der Waals surface area contributed by atoms with Crippen LogP contribution in [-0.4, -0.2) is 94.1 Å². The van der Waals surface area contributed by atoms with Gasteiger partial charge in [0.1, 0.15) is 6.04 Å². The Morgan fingerprint density at radius 3 is 2.34 bits per heavy atom. The Morgan fingerprint density at radius 1 is 1.09 bits per heavy atom. The molecule has 5 N–H and O–H groups in total. The van der Waals surface area contributed by atoms with Gasteiger partial charge in [-0.1, -0.05) is 49.6 Å². The van der Waals surface area contributed by atoms with Gasteiger partial charge < -0.3 is 20.7 Å². The number of amides is 2. The molecule has 1 aliphatic heterocycles. The van der Waals surface area contributed by atoms with Crippen LogP contribution < -0.4 is 16.0 Å². The van der Waals surface area contributed by atoms with Crippen LogP contribution in [0.5, 0.6) is 0 Å². The maximum atomic E-state index is 14.1. The molecule has 0 radical (unpaired) electrons. The van der Waals surface area contributed by atoms with E-state index in [9.17, 15) is 23.1 Å². The number of aliphatic hydroxyl groups is 1. The number of likely N-dealkylation sites (tertiary alicyclic amines) is 1. The van der Waals surface area contributed by atoms with Crippen LogP contribution in [-0.2, 0) is 32.4 Å². The molecule has 2 fully saturated rings. The highest BCUT2D eigenvalue weighted by atomic mass is 32.2. The number of sulfone groups is 1. The van der Waals surface area contributed by atoms with Crippen molar-refractivity contribution in [1.82, 2.24) is 30.8 Å². The molecule has 2 unspecified atom stereocenters. The Balaban J connectivity index is 1.60. The molecular formula is C35H56N6O5S. The summed E-state index contributed by atoms with van der Waals surface area (Å²) in [5.74, 6) is 0.383. The first kappa shape index (κ1) is 37.0. The minimum Gasteiger partial charge on any atom is -0.390 e. The van der Waals surface area contributed by atoms with Crippen molar-refractivity contribution in [2.45, 2.75) is 121 Å². The second-order valence-electron chi connectivity index (χ2n) is 15.3. The zero-order chi connectivity index (χ0) is 34.6. The first-order chi connectivity index (χ1) is 22.0. The molecule has 1 aromatic heterocycles. The minimum absolute atomic E-state index is 0.0369. The Labute approximate surface area is 281 Å². The molecule has 0 bridgehead atoms. The second kappa shape index (κ2) is 15.2. The summed E-state index contributed by atoms with van der Waals surface area (Å²) in [6.45, 7) is 11.9. The predicted octanol–water partition coefficient (Wildman–Crippen LogP) is 2.88. The number of aromatic amines is 1. The summed E-state index contributed by atoms with van der Waals surface area (Å²) >= 11 is 0. The van der Waals surface area contributed by atoms with Gasteiger partial charge in [-0.05, 0) is 78.2 Å². The SMILES string of the molecule is Cc1[nH]cnc1CN[C@H](C(=O)N[C@@H](Cc1ccccc1)[C@H](O)CN1CC2CCCCC2C[C@H]1C(=O)NC(C)(C)C)C(C)(C)S(C)(=O)=O. The van der Waals surface area contributed by atoms with E-state index < -0.39 is 44.2 Å². The van der Waals surface area contributed by atoms with Crippen LogP contribution in [0.2, 0.25) is 0 Å². The maximum Gasteiger partial charge on any atom is 0.239 e. The second-order valence-corrected chi connectivity index (χ2v) is 17.9. The van der Waals surface area contributed by atoms with E-state index in [-0.39, 0.29) is 25.0 Å². The number of nitrogens with zero attached hydrogens (tertiary/aromatic N) is 2. The highest BCUT2D eigenvalue weighted by Crippen LogP contribution is 2.39. The summed E-state index contributed by atoms with van der Waals surface area (Å²) in [4.78, 5) is 37.2. The van der Waals surface area contributed by atoms with Gasteiger partial charge in [-0.15, -0.1) is 0 Å². The Morgan fingerprint density at radius 2 is 1.74 bits per heavy atom. The van der Waals surface area contributed by atoms with E-state index in [2.05, 4.69) is 30.8 Å². The molecule has 47 heavy (non-hydrogen) atoms. The summed E-state index contributed by atoms with van der Waals surface area (Å²) in [7, 11) is -3.70. The van der Waals surface area contributed by atoms with E-state index in [0.717, 1.165) is 36.8 Å². The number of aryl methyl sites for hydroxylation is 1. The smallest absolute Gasteiger partial charge is 0.239 e. The van der Waals surface area contributed by atoms with Gasteiger partial charge in [-0.3, -0.25) is 19.8 Å². The van der Waals surface area contributed by atoms with Gasteiger partial charge in [0.2, 0.25) is 11.8 Å². The number of benzene rings is 1. The van der Waals surface area contributed by atoms with Crippen LogP contribution in [0.3, 0.4) is 0 Å². The predicted molar refractivity (Wildman–Crippen MR) is 184 cm³/mol. The zero-order valence-corrected chi connectivity index (χ0v) is 30.0. The summed E-state index contributed by atoms with van der Waals surface area (Å²) in [5, 5.41) is 21.3. The number of carbonyl (C=O) groups is 2. The monoisotopic (exact) mass is 672 g/mol. The number of carbonyl (C=O) groups excluding carboxylic acids is 2. The number of aromatic nitrogens is 2. The van der Waals surface area contributed by atoms with Crippen molar-refractivity contribution in [3.8, 4) is 0 Å². The number of fused-ring (bicyclic) bond motifs is 1. The minimum atomic E-state index is -3.70. The number of rotatable bonds is 13. The Hall–Kier alpha value is -2.80. The largest absolute Gasteiger partial charge is 0.390 e. The molecule has 1 aliphatic carbocycles. The molecule has 262 valence electrons. The zero-order valence-electron chi connectivity index (χ0n) is 29.2. The van der Waals surface area contributed by atoms with Gasteiger partial charge in [0.25, 0.3) is 0 Å². The molecule has 2 aromatic rings. The molecule has 1 saturated carbocycles. The summed E-state index contributed by atoms with van der Waals surface area (Å²) in [5.41, 5.74) is 2.03. The van der Waals surface area contributed by atoms with Crippen molar-refractivity contribution in [2.24, 2.45) is 11.8 Å². The van der Waals surface area contributed by atoms with Gasteiger partial charge in [-0.25, -0.2) is 13.4 Å². The lowest BCUT2D eigenvalue weighted by molar-refractivity contribution is -0.133. The van der Waals surface area contributed by atoms with E-state index in [1.807, 2.05) is 58.0 Å². The lowest BCUT2D eigenvalue weighted by Gasteiger charge is -2.47. The molecule has 2 heterocycles. The summed E-state index contributed by atoms with van der Waals surface area (Å²) < 4.78 is 24.5. The number of aliphatic hydroxyl groups excluding tert-OH is 1. The highest BCUT2D eigenvalue weighted by molar-refractivity contribution is 7.92. The number of β-amino-alcohol motifs (C(OH)–C–C–N with tert-alkyl or cyclic N) is 1. The number of imidazole rings is 1. The van der Waals surface area contributed by atoms with Crippen LogP contribution in [0.25, 0.3) is 0 Å². The van der Waals surface area contributed by atoms with Crippen LogP contribution in [0.1, 0.15) is 83.7 Å². The van der Waals surface area contributed by atoms with Crippen molar-refractivity contribution in [2.75, 3.05) is 19.3 Å². The standard InChI is InChI=1S/C35H56N6O5S/c1-23-28(38-22-37-23)19-36-31(35(5,6)47(7,45)46)33(44)39-27(17-24-13-9-8-10-14-24)30(42)21-41-20-26-16-12-11-15-25(26)18-29(41)32(43)40-34(2,3)4/h8-10,13-14,22,25-27,29-31,36,42H,11-12,15-21H2,1-7H3,(H,37,38)(H,39,44)(H,40,43)/t25?,26?,27-,29-,30+,31+/m0/s1. The lowest BCUT2D eigenvalue weighted by atomic mass is 9.72. The third kappa shape index (κ3) is 9.64. The molecule has 1 aromatic carbocycles. The van der Waals surface area contributed by atoms with Gasteiger partial charge >= 0.3 is 0 Å². The van der Waals surface area contributed by atoms with E-state index in [0.29, 0.717) is 30.5 Å². The summed E-state index contributed by atoms with van der Waals surface area (Å²) in [6, 6.07) is 7.34. The Bertz CT molecular complexity index is 1450. The number of piperidine rings is 1. The van der Waals surface area contributed by atoms with E-state index in [1.54, 1.807) is 6.33 Å². The number of hydrogen-bond donors (Lipinski definition) is 5. The van der Waals surface area contributed by atoms with E-state index >= 15 is 0 Å². The third-order valence-corrected chi connectivity index (χ3v) is 12.3. The van der Waals surface area contributed by atoms with Crippen molar-refractivity contribution in [3.63, 3.8) is 0 Å². The fraction of sp³-hybridized carbons (Fsp3) is 0.686. The molecule has 1 saturated heterocycles. The van der Waals surface area contributed by atoms with Gasteiger partial charge in [0.05, 0.1) is 35.0 Å². The average molecular weight is 673 g/mol. The van der Waals surface area contributed by atoms with Crippen LogP contribution in [0.15, 0.2) is 36.7 Å². The Kier molecular flexibility index (Phi) is 12.0. The normalized spacial score (nSPS) is 22.9. The molecule has 0 spiro atoms. The molecular weight excluding hydrogens is 616 g/mol. The average Bonchev–Trinajstić information content (AvgIpc) is 3.39. The molecule has 6 atom stereocenters. The van der Waals surface area contributed by atoms with Crippen molar-refractivity contribution in [1.29, 1.82) is 0 Å². The first-order valence-electron chi connectivity index (χ1n) is 17.0. The maximum absolute atomic E-state index is 14.1. The number of hydrogen-bond acceptors (Lipinski definition) is 8. The van der Waals surface area contributed by atoms with Crippen LogP contribution >= 0.6 is 0 Å². The van der Waals surface area contributed by atoms with Gasteiger partial charge in [0.15, 0.2) is 9.84 Å². The molecule has 2 amide bonds. The van der Waals surface area contributed by atoms with Crippen molar-refractivity contribution >= 4 is 21.7 Å². The molecule has 4 rings (SSSR count). The lowest BCUT2D eigenvalue weighted by Crippen LogP contribution is -2.63. The topological polar surface area (TPSA) is 157 Å². The molecule has 2 aliphatic rings. The molecule has 11 nitrogen and oxygen atoms in total. The highest BCUT2D eigenvalue weighted by Gasteiger charge is 2.45. The third-order valence-electron chi connectivity index (χ3n) is 10.1. The van der Waals surface area contributed by atoms with Gasteiger partial charge in [-0.2, -0.15) is 0 Å². The number of H-pyrrole nitrogens is 1. The van der Waals surface area contributed by atoms with E-state index in [4.69, 9.17) is 0 Å². The first-order valence-corrected chi connectivity index (χ1v) is 18.9. The van der Waals surface area contributed by atoms with Gasteiger partial charge in [0, 0.05) is 37.1 Å².